The fourth-order valence-corrected chi connectivity index (χ4v) is 2.30. The van der Waals surface area contributed by atoms with Crippen molar-refractivity contribution in [3.05, 3.63) is 41.6 Å². The minimum atomic E-state index is -0.706. The molecule has 1 aromatic heterocycles. The summed E-state index contributed by atoms with van der Waals surface area (Å²) in [6.07, 6.45) is 0.487. The molecule has 0 bridgehead atoms. The van der Waals surface area contributed by atoms with Gasteiger partial charge in [-0.05, 0) is 19.3 Å². The lowest BCUT2D eigenvalue weighted by atomic mass is 10.0. The van der Waals surface area contributed by atoms with Crippen molar-refractivity contribution in [3.8, 4) is 11.3 Å². The molecule has 0 aliphatic rings. The van der Waals surface area contributed by atoms with E-state index in [9.17, 15) is 9.59 Å². The molecule has 0 fully saturated rings. The van der Waals surface area contributed by atoms with E-state index in [1.54, 1.807) is 6.07 Å². The van der Waals surface area contributed by atoms with Crippen molar-refractivity contribution in [1.29, 1.82) is 0 Å². The van der Waals surface area contributed by atoms with Gasteiger partial charge in [0.1, 0.15) is 6.04 Å². The highest BCUT2D eigenvalue weighted by Gasteiger charge is 2.24. The minimum absolute atomic E-state index is 0.128. The zero-order chi connectivity index (χ0) is 17.7. The summed E-state index contributed by atoms with van der Waals surface area (Å²) in [6, 6.07) is 8.55. The number of methoxy groups -OCH3 is 1. The molecule has 24 heavy (non-hydrogen) atoms. The van der Waals surface area contributed by atoms with E-state index in [4.69, 9.17) is 9.26 Å². The summed E-state index contributed by atoms with van der Waals surface area (Å²) < 4.78 is 9.97. The SMILES string of the molecule is COC(=O)[C@H](CC(C)C)NC(=O)c1cc(-c2ccc(C)cc2)on1. The predicted molar refractivity (Wildman–Crippen MR) is 89.4 cm³/mol. The van der Waals surface area contributed by atoms with E-state index in [1.807, 2.05) is 45.0 Å². The van der Waals surface area contributed by atoms with Crippen LogP contribution in [0.2, 0.25) is 0 Å². The van der Waals surface area contributed by atoms with Crippen LogP contribution in [0.5, 0.6) is 0 Å². The van der Waals surface area contributed by atoms with Crippen molar-refractivity contribution in [2.75, 3.05) is 7.11 Å². The molecule has 0 radical (unpaired) electrons. The summed E-state index contributed by atoms with van der Waals surface area (Å²) in [5.74, 6) is -0.207. The molecule has 6 heteroatoms. The maximum absolute atomic E-state index is 12.3. The molecule has 1 N–H and O–H groups in total. The second kappa shape index (κ2) is 7.77. The molecule has 0 aliphatic carbocycles. The number of rotatable bonds is 6. The molecule has 0 spiro atoms. The molecule has 1 amide bonds. The number of benzene rings is 1. The largest absolute Gasteiger partial charge is 0.467 e. The van der Waals surface area contributed by atoms with Crippen molar-refractivity contribution in [1.82, 2.24) is 10.5 Å². The van der Waals surface area contributed by atoms with Crippen molar-refractivity contribution in [2.24, 2.45) is 5.92 Å². The second-order valence-corrected chi connectivity index (χ2v) is 6.12. The van der Waals surface area contributed by atoms with Crippen LogP contribution in [0.15, 0.2) is 34.9 Å². The molecule has 1 heterocycles. The van der Waals surface area contributed by atoms with Gasteiger partial charge in [-0.15, -0.1) is 0 Å². The number of aryl methyl sites for hydroxylation is 1. The Bertz CT molecular complexity index is 704. The topological polar surface area (TPSA) is 81.4 Å². The van der Waals surface area contributed by atoms with Gasteiger partial charge < -0.3 is 14.6 Å². The van der Waals surface area contributed by atoms with Crippen LogP contribution in [0.1, 0.15) is 36.3 Å². The highest BCUT2D eigenvalue weighted by molar-refractivity contribution is 5.95. The van der Waals surface area contributed by atoms with Crippen molar-refractivity contribution >= 4 is 11.9 Å². The summed E-state index contributed by atoms with van der Waals surface area (Å²) in [7, 11) is 1.30. The summed E-state index contributed by atoms with van der Waals surface area (Å²) in [6.45, 7) is 5.92. The predicted octanol–water partition coefficient (Wildman–Crippen LogP) is 2.97. The third kappa shape index (κ3) is 4.44. The fourth-order valence-electron chi connectivity index (χ4n) is 2.30. The summed E-state index contributed by atoms with van der Waals surface area (Å²) in [5.41, 5.74) is 2.09. The van der Waals surface area contributed by atoms with E-state index in [1.165, 1.54) is 7.11 Å². The normalized spacial score (nSPS) is 12.0. The molecule has 1 aromatic carbocycles. The maximum atomic E-state index is 12.3. The average molecular weight is 330 g/mol. The van der Waals surface area contributed by atoms with Crippen molar-refractivity contribution < 1.29 is 18.8 Å². The number of nitrogens with one attached hydrogen (secondary N) is 1. The van der Waals surface area contributed by atoms with E-state index in [0.29, 0.717) is 12.2 Å². The average Bonchev–Trinajstić information content (AvgIpc) is 3.03. The minimum Gasteiger partial charge on any atom is -0.467 e. The second-order valence-electron chi connectivity index (χ2n) is 6.12. The lowest BCUT2D eigenvalue weighted by molar-refractivity contribution is -0.143. The summed E-state index contributed by atoms with van der Waals surface area (Å²) in [5, 5.41) is 6.45. The number of carbonyl (C=O) groups is 2. The Morgan fingerprint density at radius 3 is 2.50 bits per heavy atom. The van der Waals surface area contributed by atoms with Crippen LogP contribution in [0.25, 0.3) is 11.3 Å². The van der Waals surface area contributed by atoms with Gasteiger partial charge in [-0.25, -0.2) is 4.79 Å². The Morgan fingerprint density at radius 2 is 1.92 bits per heavy atom. The Kier molecular flexibility index (Phi) is 5.73. The number of esters is 1. The first-order valence-electron chi connectivity index (χ1n) is 7.83. The van der Waals surface area contributed by atoms with E-state index in [2.05, 4.69) is 10.5 Å². The Labute approximate surface area is 141 Å². The lowest BCUT2D eigenvalue weighted by Gasteiger charge is -2.17. The monoisotopic (exact) mass is 330 g/mol. The third-order valence-corrected chi connectivity index (χ3v) is 3.58. The first kappa shape index (κ1) is 17.7. The summed E-state index contributed by atoms with van der Waals surface area (Å²) in [4.78, 5) is 24.1. The van der Waals surface area contributed by atoms with Gasteiger partial charge in [-0.3, -0.25) is 4.79 Å². The van der Waals surface area contributed by atoms with Gasteiger partial charge in [0, 0.05) is 11.6 Å². The number of ether oxygens (including phenoxy) is 1. The molecule has 128 valence electrons. The molecule has 1 atom stereocenters. The molecular weight excluding hydrogens is 308 g/mol. The highest BCUT2D eigenvalue weighted by Crippen LogP contribution is 2.21. The lowest BCUT2D eigenvalue weighted by Crippen LogP contribution is -2.42. The van der Waals surface area contributed by atoms with Crippen LogP contribution >= 0.6 is 0 Å². The van der Waals surface area contributed by atoms with Crippen LogP contribution in [0, 0.1) is 12.8 Å². The number of amides is 1. The molecule has 2 rings (SSSR count). The Balaban J connectivity index is 2.12. The quantitative estimate of drug-likeness (QED) is 0.824. The van der Waals surface area contributed by atoms with Gasteiger partial charge in [0.15, 0.2) is 11.5 Å². The van der Waals surface area contributed by atoms with Gasteiger partial charge in [0.25, 0.3) is 5.91 Å². The first-order chi connectivity index (χ1) is 11.4. The molecule has 2 aromatic rings. The standard InChI is InChI=1S/C18H22N2O4/c1-11(2)9-15(18(22)23-4)19-17(21)14-10-16(24-20-14)13-7-5-12(3)6-8-13/h5-8,10-11,15H,9H2,1-4H3,(H,19,21)/t15-/m0/s1. The van der Waals surface area contributed by atoms with Crippen LogP contribution in [0.4, 0.5) is 0 Å². The van der Waals surface area contributed by atoms with Gasteiger partial charge >= 0.3 is 5.97 Å². The Morgan fingerprint density at radius 1 is 1.25 bits per heavy atom. The van der Waals surface area contributed by atoms with E-state index < -0.39 is 17.9 Å². The zero-order valence-electron chi connectivity index (χ0n) is 14.3. The Hall–Kier alpha value is -2.63. The number of hydrogen-bond acceptors (Lipinski definition) is 5. The third-order valence-electron chi connectivity index (χ3n) is 3.58. The van der Waals surface area contributed by atoms with Crippen LogP contribution < -0.4 is 5.32 Å². The number of nitrogens with zero attached hydrogens (tertiary/aromatic N) is 1. The highest BCUT2D eigenvalue weighted by atomic mass is 16.5. The number of aromatic nitrogens is 1. The molecule has 6 nitrogen and oxygen atoms in total. The smallest absolute Gasteiger partial charge is 0.328 e. The van der Waals surface area contributed by atoms with E-state index >= 15 is 0 Å². The molecule has 0 aliphatic heterocycles. The maximum Gasteiger partial charge on any atom is 0.328 e. The first-order valence-corrected chi connectivity index (χ1v) is 7.83. The molecule has 0 unspecified atom stereocenters. The van der Waals surface area contributed by atoms with E-state index in [-0.39, 0.29) is 11.6 Å². The van der Waals surface area contributed by atoms with Gasteiger partial charge in [0.2, 0.25) is 0 Å². The summed E-state index contributed by atoms with van der Waals surface area (Å²) >= 11 is 0. The number of hydrogen-bond donors (Lipinski definition) is 1. The van der Waals surface area contributed by atoms with Gasteiger partial charge in [-0.2, -0.15) is 0 Å². The van der Waals surface area contributed by atoms with Gasteiger partial charge in [0.05, 0.1) is 7.11 Å². The van der Waals surface area contributed by atoms with Crippen molar-refractivity contribution in [2.45, 2.75) is 33.2 Å². The molecule has 0 saturated carbocycles. The van der Waals surface area contributed by atoms with Crippen LogP contribution in [-0.4, -0.2) is 30.2 Å². The van der Waals surface area contributed by atoms with E-state index in [0.717, 1.165) is 11.1 Å². The fraction of sp³-hybridized carbons (Fsp3) is 0.389. The molecule has 0 saturated heterocycles. The van der Waals surface area contributed by atoms with Crippen LogP contribution in [0.3, 0.4) is 0 Å². The zero-order valence-corrected chi connectivity index (χ0v) is 14.3. The van der Waals surface area contributed by atoms with Gasteiger partial charge in [-0.1, -0.05) is 48.8 Å². The number of carbonyl (C=O) groups excluding carboxylic acids is 2. The van der Waals surface area contributed by atoms with Crippen LogP contribution in [-0.2, 0) is 9.53 Å². The van der Waals surface area contributed by atoms with Crippen molar-refractivity contribution in [3.63, 3.8) is 0 Å². The molecular formula is C18H22N2O4.